The van der Waals surface area contributed by atoms with Gasteiger partial charge in [-0.05, 0) is 31.2 Å². The quantitative estimate of drug-likeness (QED) is 0.353. The highest BCUT2D eigenvalue weighted by atomic mass is 19.1. The van der Waals surface area contributed by atoms with Crippen LogP contribution in [0.25, 0.3) is 0 Å². The summed E-state index contributed by atoms with van der Waals surface area (Å²) in [6, 6.07) is 13.4. The number of anilines is 1. The van der Waals surface area contributed by atoms with Gasteiger partial charge in [-0.3, -0.25) is 4.79 Å². The molecule has 1 amide bonds. The zero-order valence-corrected chi connectivity index (χ0v) is 15.9. The largest absolute Gasteiger partial charge is 0.489 e. The Morgan fingerprint density at radius 2 is 2.04 bits per heavy atom. The monoisotopic (exact) mass is 384 g/mol. The first-order valence-electron chi connectivity index (χ1n) is 9.01. The van der Waals surface area contributed by atoms with E-state index in [1.165, 1.54) is 18.2 Å². The summed E-state index contributed by atoms with van der Waals surface area (Å²) in [4.78, 5) is 16.6. The first-order valence-corrected chi connectivity index (χ1v) is 9.01. The third-order valence-corrected chi connectivity index (χ3v) is 3.61. The van der Waals surface area contributed by atoms with E-state index < -0.39 is 5.82 Å². The SMILES string of the molecule is C=CCOc1ccccc1CN=C(NCC)NCC(=O)Nc1cccc(F)c1. The summed E-state index contributed by atoms with van der Waals surface area (Å²) in [5.41, 5.74) is 1.33. The molecular weight excluding hydrogens is 359 g/mol. The van der Waals surface area contributed by atoms with E-state index in [1.807, 2.05) is 31.2 Å². The van der Waals surface area contributed by atoms with Gasteiger partial charge in [-0.1, -0.05) is 36.9 Å². The predicted molar refractivity (Wildman–Crippen MR) is 110 cm³/mol. The number of benzene rings is 2. The van der Waals surface area contributed by atoms with E-state index in [1.54, 1.807) is 12.1 Å². The second-order valence-electron chi connectivity index (χ2n) is 5.81. The molecule has 2 rings (SSSR count). The topological polar surface area (TPSA) is 74.8 Å². The molecule has 0 aliphatic carbocycles. The second kappa shape index (κ2) is 11.4. The summed E-state index contributed by atoms with van der Waals surface area (Å²) in [6.45, 7) is 7.02. The Kier molecular flexibility index (Phi) is 8.52. The Balaban J connectivity index is 1.95. The van der Waals surface area contributed by atoms with E-state index in [0.717, 1.165) is 11.3 Å². The van der Waals surface area contributed by atoms with Crippen LogP contribution in [0.2, 0.25) is 0 Å². The average Bonchev–Trinajstić information content (AvgIpc) is 2.69. The van der Waals surface area contributed by atoms with Crippen LogP contribution in [0.1, 0.15) is 12.5 Å². The van der Waals surface area contributed by atoms with Crippen LogP contribution in [0.15, 0.2) is 66.2 Å². The predicted octanol–water partition coefficient (Wildman–Crippen LogP) is 3.08. The van der Waals surface area contributed by atoms with E-state index >= 15 is 0 Å². The Labute approximate surface area is 164 Å². The molecule has 2 aromatic carbocycles. The lowest BCUT2D eigenvalue weighted by Crippen LogP contribution is -2.41. The maximum absolute atomic E-state index is 13.2. The van der Waals surface area contributed by atoms with Crippen LogP contribution in [-0.4, -0.2) is 31.6 Å². The van der Waals surface area contributed by atoms with Gasteiger partial charge in [0.05, 0.1) is 13.1 Å². The van der Waals surface area contributed by atoms with Crippen molar-refractivity contribution in [2.24, 2.45) is 4.99 Å². The standard InChI is InChI=1S/C21H25FN4O2/c1-3-12-28-19-11-6-5-8-16(19)14-24-21(23-4-2)25-15-20(27)26-18-10-7-9-17(22)13-18/h3,5-11,13H,1,4,12,14-15H2,2H3,(H,26,27)(H2,23,24,25). The van der Waals surface area contributed by atoms with E-state index in [4.69, 9.17) is 4.74 Å². The third kappa shape index (κ3) is 7.11. The van der Waals surface area contributed by atoms with Gasteiger partial charge in [0, 0.05) is 17.8 Å². The number of amides is 1. The molecule has 0 aromatic heterocycles. The van der Waals surface area contributed by atoms with Gasteiger partial charge in [0.15, 0.2) is 5.96 Å². The maximum Gasteiger partial charge on any atom is 0.243 e. The smallest absolute Gasteiger partial charge is 0.243 e. The lowest BCUT2D eigenvalue weighted by Gasteiger charge is -2.13. The molecule has 7 heteroatoms. The van der Waals surface area contributed by atoms with Crippen molar-refractivity contribution in [2.75, 3.05) is 25.0 Å². The molecule has 0 atom stereocenters. The molecule has 0 saturated carbocycles. The molecule has 0 unspecified atom stereocenters. The average molecular weight is 384 g/mol. The summed E-state index contributed by atoms with van der Waals surface area (Å²) < 4.78 is 18.8. The summed E-state index contributed by atoms with van der Waals surface area (Å²) in [7, 11) is 0. The zero-order chi connectivity index (χ0) is 20.2. The fourth-order valence-electron chi connectivity index (χ4n) is 2.37. The van der Waals surface area contributed by atoms with Crippen molar-refractivity contribution in [2.45, 2.75) is 13.5 Å². The van der Waals surface area contributed by atoms with Gasteiger partial charge in [-0.2, -0.15) is 0 Å². The van der Waals surface area contributed by atoms with Crippen LogP contribution in [0.3, 0.4) is 0 Å². The minimum atomic E-state index is -0.405. The van der Waals surface area contributed by atoms with Gasteiger partial charge < -0.3 is 20.7 Å². The number of guanidine groups is 1. The fourth-order valence-corrected chi connectivity index (χ4v) is 2.37. The third-order valence-electron chi connectivity index (χ3n) is 3.61. The Bertz CT molecular complexity index is 824. The molecule has 0 fully saturated rings. The number of para-hydroxylation sites is 1. The molecular formula is C21H25FN4O2. The van der Waals surface area contributed by atoms with Crippen LogP contribution >= 0.6 is 0 Å². The van der Waals surface area contributed by atoms with Gasteiger partial charge in [-0.15, -0.1) is 0 Å². The summed E-state index contributed by atoms with van der Waals surface area (Å²) in [6.07, 6.45) is 1.68. The minimum Gasteiger partial charge on any atom is -0.489 e. The van der Waals surface area contributed by atoms with Crippen LogP contribution in [0.4, 0.5) is 10.1 Å². The van der Waals surface area contributed by atoms with Gasteiger partial charge in [0.1, 0.15) is 18.2 Å². The normalized spacial score (nSPS) is 10.9. The Hall–Kier alpha value is -3.35. The highest BCUT2D eigenvalue weighted by molar-refractivity contribution is 5.94. The van der Waals surface area contributed by atoms with Crippen molar-refractivity contribution in [3.63, 3.8) is 0 Å². The molecule has 6 nitrogen and oxygen atoms in total. The molecule has 0 saturated heterocycles. The van der Waals surface area contributed by atoms with E-state index in [-0.39, 0.29) is 12.5 Å². The summed E-state index contributed by atoms with van der Waals surface area (Å²) in [5, 5.41) is 8.68. The van der Waals surface area contributed by atoms with E-state index in [2.05, 4.69) is 27.5 Å². The van der Waals surface area contributed by atoms with Crippen molar-refractivity contribution < 1.29 is 13.9 Å². The van der Waals surface area contributed by atoms with Crippen molar-refractivity contribution >= 4 is 17.6 Å². The van der Waals surface area contributed by atoms with Crippen molar-refractivity contribution in [1.82, 2.24) is 10.6 Å². The molecule has 0 radical (unpaired) electrons. The number of nitrogens with zero attached hydrogens (tertiary/aromatic N) is 1. The number of halogens is 1. The number of carbonyl (C=O) groups excluding carboxylic acids is 1. The van der Waals surface area contributed by atoms with Crippen LogP contribution in [0.5, 0.6) is 5.75 Å². The maximum atomic E-state index is 13.2. The summed E-state index contributed by atoms with van der Waals surface area (Å²) in [5.74, 6) is 0.533. The molecule has 28 heavy (non-hydrogen) atoms. The second-order valence-corrected chi connectivity index (χ2v) is 5.81. The number of carbonyl (C=O) groups is 1. The lowest BCUT2D eigenvalue weighted by atomic mass is 10.2. The van der Waals surface area contributed by atoms with Crippen LogP contribution < -0.4 is 20.7 Å². The van der Waals surface area contributed by atoms with Gasteiger partial charge in [0.25, 0.3) is 0 Å². The van der Waals surface area contributed by atoms with Gasteiger partial charge in [-0.25, -0.2) is 9.38 Å². The number of hydrogen-bond donors (Lipinski definition) is 3. The highest BCUT2D eigenvalue weighted by Gasteiger charge is 2.06. The number of hydrogen-bond acceptors (Lipinski definition) is 3. The molecule has 2 aromatic rings. The van der Waals surface area contributed by atoms with Crippen LogP contribution in [-0.2, 0) is 11.3 Å². The van der Waals surface area contributed by atoms with Crippen LogP contribution in [0, 0.1) is 5.82 Å². The highest BCUT2D eigenvalue weighted by Crippen LogP contribution is 2.18. The molecule has 148 valence electrons. The van der Waals surface area contributed by atoms with Crippen molar-refractivity contribution in [3.8, 4) is 5.75 Å². The zero-order valence-electron chi connectivity index (χ0n) is 15.9. The molecule has 0 spiro atoms. The molecule has 0 aliphatic heterocycles. The molecule has 3 N–H and O–H groups in total. The van der Waals surface area contributed by atoms with E-state index in [9.17, 15) is 9.18 Å². The van der Waals surface area contributed by atoms with Gasteiger partial charge >= 0.3 is 0 Å². The van der Waals surface area contributed by atoms with Gasteiger partial charge in [0.2, 0.25) is 5.91 Å². The fraction of sp³-hybridized carbons (Fsp3) is 0.238. The number of ether oxygens (including phenoxy) is 1. The number of rotatable bonds is 9. The molecule has 0 bridgehead atoms. The van der Waals surface area contributed by atoms with Crippen molar-refractivity contribution in [3.05, 3.63) is 72.6 Å². The Morgan fingerprint density at radius 3 is 2.79 bits per heavy atom. The minimum absolute atomic E-state index is 0.00302. The number of aliphatic imine (C=N–C) groups is 1. The van der Waals surface area contributed by atoms with E-state index in [0.29, 0.717) is 31.3 Å². The number of nitrogens with one attached hydrogen (secondary N) is 3. The van der Waals surface area contributed by atoms with Crippen molar-refractivity contribution in [1.29, 1.82) is 0 Å². The summed E-state index contributed by atoms with van der Waals surface area (Å²) >= 11 is 0. The molecule has 0 aliphatic rings. The Morgan fingerprint density at radius 1 is 1.21 bits per heavy atom. The first-order chi connectivity index (χ1) is 13.6. The first kappa shape index (κ1) is 21.0. The lowest BCUT2D eigenvalue weighted by molar-refractivity contribution is -0.115. The molecule has 0 heterocycles.